The SMILES string of the molecule is Cc1ccc(-c2c(C#N)c(-n3c4ccccc4c4ccccc43)cc(C#N)c2-n2c3ccccc3c3ccccc32)cc1. The maximum atomic E-state index is 11.0. The van der Waals surface area contributed by atoms with E-state index in [-0.39, 0.29) is 0 Å². The number of hydrogen-bond donors (Lipinski definition) is 0. The van der Waals surface area contributed by atoms with Crippen LogP contribution < -0.4 is 0 Å². The van der Waals surface area contributed by atoms with Gasteiger partial charge in [-0.2, -0.15) is 10.5 Å². The van der Waals surface area contributed by atoms with Gasteiger partial charge in [0.05, 0.1) is 44.6 Å². The van der Waals surface area contributed by atoms with Crippen LogP contribution in [0.5, 0.6) is 0 Å². The summed E-state index contributed by atoms with van der Waals surface area (Å²) < 4.78 is 4.30. The van der Waals surface area contributed by atoms with E-state index in [2.05, 4.69) is 101 Å². The predicted octanol–water partition coefficient (Wildman–Crippen LogP) is 9.60. The van der Waals surface area contributed by atoms with Gasteiger partial charge < -0.3 is 9.13 Å². The van der Waals surface area contributed by atoms with Crippen molar-refractivity contribution in [3.8, 4) is 34.6 Å². The molecule has 4 nitrogen and oxygen atoms in total. The third-order valence-corrected chi connectivity index (χ3v) is 8.48. The fourth-order valence-corrected chi connectivity index (χ4v) is 6.61. The van der Waals surface area contributed by atoms with Crippen LogP contribution in [0.4, 0.5) is 0 Å². The minimum atomic E-state index is 0.498. The van der Waals surface area contributed by atoms with Gasteiger partial charge in [0, 0.05) is 27.1 Å². The number of nitriles is 2. The van der Waals surface area contributed by atoms with Gasteiger partial charge in [-0.1, -0.05) is 103 Å². The average Bonchev–Trinajstić information content (AvgIpc) is 3.57. The van der Waals surface area contributed by atoms with Gasteiger partial charge in [-0.05, 0) is 42.8 Å². The van der Waals surface area contributed by atoms with Crippen LogP contribution >= 0.6 is 0 Å². The predicted molar refractivity (Wildman–Crippen MR) is 175 cm³/mol. The molecule has 2 aromatic heterocycles. The zero-order valence-corrected chi connectivity index (χ0v) is 23.4. The summed E-state index contributed by atoms with van der Waals surface area (Å²) in [6, 6.07) is 48.3. The van der Waals surface area contributed by atoms with Crippen molar-refractivity contribution in [2.75, 3.05) is 0 Å². The molecule has 0 aliphatic rings. The lowest BCUT2D eigenvalue weighted by Crippen LogP contribution is -2.08. The van der Waals surface area contributed by atoms with E-state index in [4.69, 9.17) is 0 Å². The Morgan fingerprint density at radius 2 is 0.953 bits per heavy atom. The Balaban J connectivity index is 1.60. The van der Waals surface area contributed by atoms with Gasteiger partial charge in [0.2, 0.25) is 0 Å². The van der Waals surface area contributed by atoms with Crippen LogP contribution in [0.25, 0.3) is 66.1 Å². The largest absolute Gasteiger partial charge is 0.308 e. The van der Waals surface area contributed by atoms with E-state index in [1.54, 1.807) is 0 Å². The maximum Gasteiger partial charge on any atom is 0.102 e. The van der Waals surface area contributed by atoms with Gasteiger partial charge in [0.1, 0.15) is 12.1 Å². The quantitative estimate of drug-likeness (QED) is 0.221. The van der Waals surface area contributed by atoms with Crippen LogP contribution in [0.2, 0.25) is 0 Å². The zero-order valence-electron chi connectivity index (χ0n) is 23.4. The summed E-state index contributed by atoms with van der Waals surface area (Å²) >= 11 is 0. The van der Waals surface area contributed by atoms with Crippen molar-refractivity contribution in [3.63, 3.8) is 0 Å². The first-order chi connectivity index (χ1) is 21.2. The molecule has 2 heterocycles. The minimum absolute atomic E-state index is 0.498. The Bertz CT molecular complexity index is 2370. The highest BCUT2D eigenvalue weighted by molar-refractivity contribution is 6.11. The van der Waals surface area contributed by atoms with Gasteiger partial charge in [0.15, 0.2) is 0 Å². The first-order valence-electron chi connectivity index (χ1n) is 14.2. The molecule has 200 valence electrons. The fraction of sp³-hybridized carbons (Fsp3) is 0.0256. The third-order valence-electron chi connectivity index (χ3n) is 8.48. The molecule has 0 radical (unpaired) electrons. The van der Waals surface area contributed by atoms with Crippen LogP contribution in [0.1, 0.15) is 16.7 Å². The molecule has 43 heavy (non-hydrogen) atoms. The van der Waals surface area contributed by atoms with E-state index >= 15 is 0 Å². The first kappa shape index (κ1) is 24.7. The van der Waals surface area contributed by atoms with Crippen molar-refractivity contribution < 1.29 is 0 Å². The minimum Gasteiger partial charge on any atom is -0.308 e. The number of fused-ring (bicyclic) bond motifs is 6. The lowest BCUT2D eigenvalue weighted by atomic mass is 9.92. The second-order valence-electron chi connectivity index (χ2n) is 10.9. The molecule has 8 aromatic rings. The van der Waals surface area contributed by atoms with Crippen LogP contribution in [-0.4, -0.2) is 9.13 Å². The van der Waals surface area contributed by atoms with E-state index in [0.29, 0.717) is 22.5 Å². The molecule has 6 aromatic carbocycles. The number of hydrogen-bond acceptors (Lipinski definition) is 2. The molecule has 0 aliphatic carbocycles. The Morgan fingerprint density at radius 1 is 0.512 bits per heavy atom. The van der Waals surface area contributed by atoms with Crippen LogP contribution in [0.15, 0.2) is 127 Å². The molecule has 0 unspecified atom stereocenters. The van der Waals surface area contributed by atoms with Crippen molar-refractivity contribution in [1.29, 1.82) is 10.5 Å². The highest BCUT2D eigenvalue weighted by atomic mass is 15.0. The fourth-order valence-electron chi connectivity index (χ4n) is 6.61. The molecule has 0 fully saturated rings. The van der Waals surface area contributed by atoms with E-state index in [1.807, 2.05) is 54.6 Å². The van der Waals surface area contributed by atoms with Gasteiger partial charge >= 0.3 is 0 Å². The summed E-state index contributed by atoms with van der Waals surface area (Å²) in [6.07, 6.45) is 0. The molecule has 0 atom stereocenters. The Hall–Kier alpha value is -6.10. The lowest BCUT2D eigenvalue weighted by molar-refractivity contribution is 1.13. The molecular weight excluding hydrogens is 524 g/mol. The van der Waals surface area contributed by atoms with Crippen molar-refractivity contribution in [2.24, 2.45) is 0 Å². The normalized spacial score (nSPS) is 11.3. The van der Waals surface area contributed by atoms with E-state index < -0.39 is 0 Å². The molecule has 0 saturated heterocycles. The third kappa shape index (κ3) is 3.54. The molecule has 4 heteroatoms. The zero-order chi connectivity index (χ0) is 29.1. The molecule has 0 N–H and O–H groups in total. The van der Waals surface area contributed by atoms with Gasteiger partial charge in [-0.3, -0.25) is 0 Å². The Morgan fingerprint density at radius 3 is 1.40 bits per heavy atom. The van der Waals surface area contributed by atoms with Crippen molar-refractivity contribution >= 4 is 43.6 Å². The molecule has 0 saturated carbocycles. The van der Waals surface area contributed by atoms with Gasteiger partial charge in [-0.25, -0.2) is 0 Å². The summed E-state index contributed by atoms with van der Waals surface area (Å²) in [6.45, 7) is 2.05. The number of benzene rings is 6. The number of aromatic nitrogens is 2. The van der Waals surface area contributed by atoms with Gasteiger partial charge in [0.25, 0.3) is 0 Å². The Kier molecular flexibility index (Phi) is 5.44. The topological polar surface area (TPSA) is 57.4 Å². The van der Waals surface area contributed by atoms with Crippen LogP contribution in [-0.2, 0) is 0 Å². The van der Waals surface area contributed by atoms with Crippen LogP contribution in [0.3, 0.4) is 0 Å². The molecular formula is C39H24N4. The summed E-state index contributed by atoms with van der Waals surface area (Å²) in [4.78, 5) is 0. The molecule has 0 aliphatic heterocycles. The molecule has 0 spiro atoms. The Labute approximate surface area is 248 Å². The lowest BCUT2D eigenvalue weighted by Gasteiger charge is -2.21. The summed E-state index contributed by atoms with van der Waals surface area (Å²) in [5, 5.41) is 26.2. The summed E-state index contributed by atoms with van der Waals surface area (Å²) in [5.74, 6) is 0. The number of aryl methyl sites for hydroxylation is 1. The monoisotopic (exact) mass is 548 g/mol. The highest BCUT2D eigenvalue weighted by Crippen LogP contribution is 2.43. The molecule has 0 amide bonds. The van der Waals surface area contributed by atoms with E-state index in [0.717, 1.165) is 60.3 Å². The van der Waals surface area contributed by atoms with Crippen molar-refractivity contribution in [2.45, 2.75) is 6.92 Å². The number of rotatable bonds is 3. The second-order valence-corrected chi connectivity index (χ2v) is 10.9. The highest BCUT2D eigenvalue weighted by Gasteiger charge is 2.26. The van der Waals surface area contributed by atoms with Crippen molar-refractivity contribution in [3.05, 3.63) is 144 Å². The molecule has 8 rings (SSSR count). The standard InChI is InChI=1S/C39H24N4/c1-25-18-20-26(21-19-25)38-32(24-41)37(42-33-14-6-2-10-28(33)29-11-3-7-15-34(29)42)22-27(23-40)39(38)43-35-16-8-4-12-30(35)31-13-5-9-17-36(31)43/h2-22H,1H3. The second kappa shape index (κ2) is 9.48. The van der Waals surface area contributed by atoms with Crippen LogP contribution in [0, 0.1) is 29.6 Å². The smallest absolute Gasteiger partial charge is 0.102 e. The average molecular weight is 549 g/mol. The molecule has 0 bridgehead atoms. The maximum absolute atomic E-state index is 11.0. The summed E-state index contributed by atoms with van der Waals surface area (Å²) in [5.41, 5.74) is 9.13. The number of nitrogens with zero attached hydrogens (tertiary/aromatic N) is 4. The van der Waals surface area contributed by atoms with Gasteiger partial charge in [-0.15, -0.1) is 0 Å². The first-order valence-corrected chi connectivity index (χ1v) is 14.2. The summed E-state index contributed by atoms with van der Waals surface area (Å²) in [7, 11) is 0. The van der Waals surface area contributed by atoms with E-state index in [9.17, 15) is 10.5 Å². The van der Waals surface area contributed by atoms with E-state index in [1.165, 1.54) is 0 Å². The number of para-hydroxylation sites is 4. The van der Waals surface area contributed by atoms with Crippen molar-refractivity contribution in [1.82, 2.24) is 9.13 Å².